The number of amides is 3. The highest BCUT2D eigenvalue weighted by Gasteiger charge is 2.74. The van der Waals surface area contributed by atoms with Gasteiger partial charge in [-0.1, -0.05) is 18.2 Å². The fourth-order valence-corrected chi connectivity index (χ4v) is 1.20. The van der Waals surface area contributed by atoms with Crippen molar-refractivity contribution in [2.24, 2.45) is 0 Å². The normalized spacial score (nSPS) is 12.7. The largest absolute Gasteiger partial charge is 0.462 e. The van der Waals surface area contributed by atoms with E-state index in [-0.39, 0.29) is 10.9 Å². The second-order valence-corrected chi connectivity index (χ2v) is 3.92. The summed E-state index contributed by atoms with van der Waals surface area (Å²) in [4.78, 5) is 22.4. The molecule has 4 nitrogen and oxygen atoms in total. The lowest BCUT2D eigenvalue weighted by Gasteiger charge is -2.28. The minimum absolute atomic E-state index is 0.130. The van der Waals surface area contributed by atoms with Crippen LogP contribution in [-0.4, -0.2) is 30.1 Å². The second-order valence-electron chi connectivity index (χ2n) is 3.92. The Morgan fingerprint density at radius 3 is 1.82 bits per heavy atom. The molecule has 0 atom stereocenters. The predicted octanol–water partition coefficient (Wildman–Crippen LogP) is 2.92. The smallest absolute Gasteiger partial charge is 0.274 e. The highest BCUT2D eigenvalue weighted by Crippen LogP contribution is 2.44. The molecule has 0 aromatic heterocycles. The lowest BCUT2D eigenvalue weighted by atomic mass is 10.2. The zero-order chi connectivity index (χ0) is 17.2. The molecule has 2 N–H and O–H groups in total. The molecule has 0 radical (unpaired) electrons. The molecule has 0 fully saturated rings. The van der Waals surface area contributed by atoms with Crippen molar-refractivity contribution < 1.29 is 40.3 Å². The van der Waals surface area contributed by atoms with Crippen molar-refractivity contribution in [1.29, 1.82) is 0 Å². The van der Waals surface area contributed by atoms with Gasteiger partial charge in [0, 0.05) is 5.56 Å². The molecule has 0 bridgehead atoms. The van der Waals surface area contributed by atoms with Crippen LogP contribution >= 0.6 is 0 Å². The highest BCUT2D eigenvalue weighted by molar-refractivity contribution is 6.04. The number of imide groups is 1. The van der Waals surface area contributed by atoms with Gasteiger partial charge in [0.2, 0.25) is 0 Å². The van der Waals surface area contributed by atoms with Crippen molar-refractivity contribution in [3.8, 4) is 0 Å². The molecule has 0 aliphatic heterocycles. The third-order valence-corrected chi connectivity index (χ3v) is 2.28. The molecule has 22 heavy (non-hydrogen) atoms. The van der Waals surface area contributed by atoms with E-state index in [0.29, 0.717) is 0 Å². The van der Waals surface area contributed by atoms with Gasteiger partial charge < -0.3 is 0 Å². The summed E-state index contributed by atoms with van der Waals surface area (Å²) in [6.45, 7) is 0. The Morgan fingerprint density at radius 2 is 1.36 bits per heavy atom. The van der Waals surface area contributed by atoms with Crippen LogP contribution in [0.25, 0.3) is 0 Å². The Bertz CT molecular complexity index is 557. The molecule has 0 unspecified atom stereocenters. The lowest BCUT2D eigenvalue weighted by molar-refractivity contribution is -0.358. The number of urea groups is 1. The number of nitrogens with one attached hydrogen (secondary N) is 2. The van der Waals surface area contributed by atoms with Gasteiger partial charge in [0.05, 0.1) is 0 Å². The van der Waals surface area contributed by atoms with Crippen LogP contribution in [0.2, 0.25) is 0 Å². The monoisotopic (exact) mass is 332 g/mol. The van der Waals surface area contributed by atoms with Crippen LogP contribution < -0.4 is 10.6 Å². The van der Waals surface area contributed by atoms with E-state index in [9.17, 15) is 40.3 Å². The summed E-state index contributed by atoms with van der Waals surface area (Å²) in [5.41, 5.74) is -0.191. The molecule has 0 spiro atoms. The van der Waals surface area contributed by atoms with E-state index in [1.807, 2.05) is 0 Å². The summed E-state index contributed by atoms with van der Waals surface area (Å²) in [6, 6.07) is -1.65. The zero-order valence-electron chi connectivity index (χ0n) is 10.3. The minimum Gasteiger partial charge on any atom is -0.274 e. The summed E-state index contributed by atoms with van der Waals surface area (Å²) in [5, 5.41) is 1.34. The molecule has 0 heterocycles. The number of hydrogen-bond donors (Lipinski definition) is 2. The van der Waals surface area contributed by atoms with Crippen LogP contribution in [0.3, 0.4) is 0 Å². The number of carbonyl (C=O) groups is 2. The van der Waals surface area contributed by atoms with E-state index in [4.69, 9.17) is 0 Å². The SMILES string of the molecule is O=C(NC(=O)c1ccccc1)NC(F)(F)C(F)(F)C(F)(F)F. The zero-order valence-corrected chi connectivity index (χ0v) is 10.3. The maximum absolute atomic E-state index is 12.8. The van der Waals surface area contributed by atoms with Crippen LogP contribution in [0.5, 0.6) is 0 Å². The quantitative estimate of drug-likeness (QED) is 0.660. The van der Waals surface area contributed by atoms with Crippen molar-refractivity contribution in [3.05, 3.63) is 35.9 Å². The molecule has 1 rings (SSSR count). The average molecular weight is 332 g/mol. The number of halogens is 7. The van der Waals surface area contributed by atoms with Gasteiger partial charge in [-0.2, -0.15) is 30.7 Å². The summed E-state index contributed by atoms with van der Waals surface area (Å²) >= 11 is 0. The van der Waals surface area contributed by atoms with E-state index in [1.165, 1.54) is 23.5 Å². The van der Waals surface area contributed by atoms with E-state index in [2.05, 4.69) is 0 Å². The molecule has 0 saturated carbocycles. The van der Waals surface area contributed by atoms with Gasteiger partial charge in [-0.3, -0.25) is 15.4 Å². The molecule has 1 aromatic rings. The van der Waals surface area contributed by atoms with Crippen molar-refractivity contribution >= 4 is 11.9 Å². The molecule has 122 valence electrons. The third kappa shape index (κ3) is 3.65. The van der Waals surface area contributed by atoms with Gasteiger partial charge in [0.25, 0.3) is 5.91 Å². The predicted molar refractivity (Wildman–Crippen MR) is 58.4 cm³/mol. The van der Waals surface area contributed by atoms with E-state index >= 15 is 0 Å². The fourth-order valence-electron chi connectivity index (χ4n) is 1.20. The third-order valence-electron chi connectivity index (χ3n) is 2.28. The van der Waals surface area contributed by atoms with Gasteiger partial charge >= 0.3 is 24.2 Å². The molecule has 11 heteroatoms. The van der Waals surface area contributed by atoms with Gasteiger partial charge in [-0.15, -0.1) is 0 Å². The lowest BCUT2D eigenvalue weighted by Crippen LogP contribution is -2.62. The summed E-state index contributed by atoms with van der Waals surface area (Å²) in [6.07, 6.45) is -6.59. The van der Waals surface area contributed by atoms with E-state index in [0.717, 1.165) is 12.1 Å². The standard InChI is InChI=1S/C11H7F7N2O2/c12-9(13,10(14,15)16)11(17,18)20-8(22)19-7(21)6-4-2-1-3-5-6/h1-5H,(H2,19,20,21,22). The maximum Gasteiger partial charge on any atom is 0.462 e. The van der Waals surface area contributed by atoms with Crippen LogP contribution in [-0.2, 0) is 0 Å². The molecular weight excluding hydrogens is 325 g/mol. The Kier molecular flexibility index (Phi) is 4.68. The molecule has 0 aliphatic carbocycles. The number of carbonyl (C=O) groups excluding carboxylic acids is 2. The number of alkyl halides is 7. The first kappa shape index (κ1) is 17.7. The fraction of sp³-hybridized carbons (Fsp3) is 0.273. The maximum atomic E-state index is 12.8. The van der Waals surface area contributed by atoms with Crippen molar-refractivity contribution in [2.75, 3.05) is 0 Å². The Balaban J connectivity index is 2.78. The van der Waals surface area contributed by atoms with Crippen LogP contribution in [0.15, 0.2) is 30.3 Å². The Morgan fingerprint density at radius 1 is 0.864 bits per heavy atom. The highest BCUT2D eigenvalue weighted by atomic mass is 19.4. The van der Waals surface area contributed by atoms with E-state index < -0.39 is 30.1 Å². The molecular formula is C11H7F7N2O2. The number of rotatable bonds is 3. The average Bonchev–Trinajstić information content (AvgIpc) is 2.37. The first-order valence-corrected chi connectivity index (χ1v) is 5.39. The molecule has 3 amide bonds. The van der Waals surface area contributed by atoms with Crippen molar-refractivity contribution in [1.82, 2.24) is 10.6 Å². The van der Waals surface area contributed by atoms with Crippen molar-refractivity contribution in [3.63, 3.8) is 0 Å². The second kappa shape index (κ2) is 5.81. The van der Waals surface area contributed by atoms with E-state index in [1.54, 1.807) is 0 Å². The number of benzene rings is 1. The molecule has 0 aliphatic rings. The topological polar surface area (TPSA) is 58.2 Å². The van der Waals surface area contributed by atoms with Gasteiger partial charge in [-0.05, 0) is 12.1 Å². The van der Waals surface area contributed by atoms with Gasteiger partial charge in [0.15, 0.2) is 0 Å². The van der Waals surface area contributed by atoms with Gasteiger partial charge in [-0.25, -0.2) is 4.79 Å². The van der Waals surface area contributed by atoms with Crippen LogP contribution in [0.4, 0.5) is 35.5 Å². The summed E-state index contributed by atoms with van der Waals surface area (Å²) in [7, 11) is 0. The minimum atomic E-state index is -6.59. The van der Waals surface area contributed by atoms with Crippen LogP contribution in [0, 0.1) is 0 Å². The first-order chi connectivity index (χ1) is 9.88. The number of hydrogen-bond acceptors (Lipinski definition) is 2. The van der Waals surface area contributed by atoms with Gasteiger partial charge in [0.1, 0.15) is 0 Å². The summed E-state index contributed by atoms with van der Waals surface area (Å²) < 4.78 is 86.3. The summed E-state index contributed by atoms with van der Waals surface area (Å²) in [5.74, 6) is -7.77. The molecule has 1 aromatic carbocycles. The Hall–Kier alpha value is -2.33. The molecule has 0 saturated heterocycles. The van der Waals surface area contributed by atoms with Crippen LogP contribution in [0.1, 0.15) is 10.4 Å². The van der Waals surface area contributed by atoms with Crippen molar-refractivity contribution in [2.45, 2.75) is 18.1 Å². The Labute approximate surface area is 118 Å². The first-order valence-electron chi connectivity index (χ1n) is 5.39.